The Balaban J connectivity index is 0.000000194. The Hall–Kier alpha value is -6.63. The van der Waals surface area contributed by atoms with E-state index in [2.05, 4.69) is 10.3 Å². The largest absolute Gasteiger partial charge is 0.395 e. The maximum Gasteiger partial charge on any atom is 0.281 e. The van der Waals surface area contributed by atoms with E-state index in [-0.39, 0.29) is 62.1 Å². The number of oxime groups is 1. The molecule has 69 heavy (non-hydrogen) atoms. The number of halogens is 1. The maximum atomic E-state index is 12.8. The lowest BCUT2D eigenvalue weighted by Gasteiger charge is -2.18. The first-order valence-corrected chi connectivity index (χ1v) is 26.6. The van der Waals surface area contributed by atoms with Gasteiger partial charge in [0.05, 0.1) is 35.9 Å². The molecule has 1 aromatic heterocycles. The average molecular weight is 1030 g/mol. The lowest BCUT2D eigenvalue weighted by atomic mass is 9.81. The molecule has 2 saturated carbocycles. The van der Waals surface area contributed by atoms with Crippen molar-refractivity contribution in [2.75, 3.05) is 25.4 Å². The molecular formula is C44H43ClN4O17S3. The Labute approximate surface area is 399 Å². The summed E-state index contributed by atoms with van der Waals surface area (Å²) in [6, 6.07) is 9.24. The van der Waals surface area contributed by atoms with Crippen molar-refractivity contribution in [1.29, 1.82) is 0 Å². The molecule has 2 aliphatic carbocycles. The van der Waals surface area contributed by atoms with E-state index < -0.39 is 104 Å². The van der Waals surface area contributed by atoms with E-state index in [4.69, 9.17) is 16.4 Å². The third-order valence-corrected chi connectivity index (χ3v) is 14.8. The number of nitrogens with one attached hydrogen (secondary N) is 1. The van der Waals surface area contributed by atoms with Crippen molar-refractivity contribution in [3.05, 3.63) is 114 Å². The molecule has 1 N–H and O–H groups in total. The molecule has 0 amide bonds. The number of ketones is 7. The van der Waals surface area contributed by atoms with Gasteiger partial charge in [0.2, 0.25) is 0 Å². The topological polar surface area (TPSA) is 324 Å². The van der Waals surface area contributed by atoms with Crippen LogP contribution in [-0.2, 0) is 60.6 Å². The SMILES string of the molecule is CS(=O)(=O)c1ccc(C(=O)C2C(=O)CCCC2=O)c(Cl)c1.CS(=O)(=O)c1ccc(C(=O)C2C(=O)CCCC2=O)c([N+](=O)[O-])c1.Cc1c(C(=O)c2c[nH]n(C)c2=O)ccc(S(C)(=O)=O)c1C1=NOCC1. The van der Waals surface area contributed by atoms with Crippen LogP contribution < -0.4 is 5.56 Å². The predicted molar refractivity (Wildman–Crippen MR) is 245 cm³/mol. The number of rotatable bonds is 11. The number of Topliss-reactive ketones (excluding diaryl/α,β-unsaturated/α-hetero) is 6. The van der Waals surface area contributed by atoms with Crippen LogP contribution in [0.15, 0.2) is 79.4 Å². The number of aryl methyl sites for hydroxylation is 1. The van der Waals surface area contributed by atoms with Gasteiger partial charge >= 0.3 is 0 Å². The number of H-pyrrole nitrogens is 1. The van der Waals surface area contributed by atoms with Crippen molar-refractivity contribution in [1.82, 2.24) is 9.78 Å². The number of benzene rings is 3. The van der Waals surface area contributed by atoms with Gasteiger partial charge in [-0.05, 0) is 67.8 Å². The number of aromatic amines is 1. The Morgan fingerprint density at radius 1 is 0.710 bits per heavy atom. The quantitative estimate of drug-likeness (QED) is 0.0967. The fourth-order valence-electron chi connectivity index (χ4n) is 7.59. The summed E-state index contributed by atoms with van der Waals surface area (Å²) in [6.45, 7) is 2.00. The molecular weight excluding hydrogens is 988 g/mol. The molecule has 0 unspecified atom stereocenters. The summed E-state index contributed by atoms with van der Waals surface area (Å²) >= 11 is 5.94. The standard InChI is InChI=1S/C16H17N3O5S.C14H13ClO5S.C14H13NO7S/c1-9-10(15(20)11-8-17-19(2)16(11)21)4-5-13(25(3,22)23)14(9)12-6-7-24-18-12;1-21(19,20)8-5-6-9(10(15)7-8)14(18)13-11(16)3-2-4-12(13)17;1-23(21,22)8-5-6-9(10(7-8)15(19)20)14(18)13-11(16)3-2-4-12(13)17/h4-5,8,17H,6-7H2,1-3H3;5-7,13H,2-4H2,1H3;5-7,13H,2-4H2,1H3. The highest BCUT2D eigenvalue weighted by atomic mass is 35.5. The predicted octanol–water partition coefficient (Wildman–Crippen LogP) is 3.76. The average Bonchev–Trinajstić information content (AvgIpc) is 3.91. The summed E-state index contributed by atoms with van der Waals surface area (Å²) in [5, 5.41) is 17.6. The van der Waals surface area contributed by atoms with Gasteiger partial charge in [0, 0.05) is 86.9 Å². The van der Waals surface area contributed by atoms with Crippen molar-refractivity contribution in [2.45, 2.75) is 66.6 Å². The Morgan fingerprint density at radius 2 is 1.19 bits per heavy atom. The molecule has 0 atom stereocenters. The van der Waals surface area contributed by atoms with E-state index in [1.807, 2.05) is 0 Å². The summed E-state index contributed by atoms with van der Waals surface area (Å²) in [4.78, 5) is 112. The van der Waals surface area contributed by atoms with Crippen LogP contribution in [0.2, 0.25) is 5.02 Å². The van der Waals surface area contributed by atoms with Crippen molar-refractivity contribution in [2.24, 2.45) is 24.0 Å². The zero-order chi connectivity index (χ0) is 51.5. The smallest absolute Gasteiger partial charge is 0.281 e. The highest BCUT2D eigenvalue weighted by Crippen LogP contribution is 2.31. The minimum Gasteiger partial charge on any atom is -0.395 e. The fraction of sp³-hybridized carbons (Fsp3) is 0.341. The van der Waals surface area contributed by atoms with Crippen LogP contribution in [0.3, 0.4) is 0 Å². The molecule has 7 rings (SSSR count). The van der Waals surface area contributed by atoms with Crippen LogP contribution in [0.4, 0.5) is 5.69 Å². The summed E-state index contributed by atoms with van der Waals surface area (Å²) in [6.07, 6.45) is 6.13. The number of carbonyl (C=O) groups excluding carboxylic acids is 7. The summed E-state index contributed by atoms with van der Waals surface area (Å²) in [7, 11) is -9.16. The Morgan fingerprint density at radius 3 is 1.61 bits per heavy atom. The molecule has 0 bridgehead atoms. The van der Waals surface area contributed by atoms with E-state index in [0.29, 0.717) is 42.7 Å². The van der Waals surface area contributed by atoms with E-state index >= 15 is 0 Å². The second kappa shape index (κ2) is 20.9. The number of nitrogens with zero attached hydrogens (tertiary/aromatic N) is 3. The molecule has 0 radical (unpaired) electrons. The first-order chi connectivity index (χ1) is 32.1. The molecule has 4 aromatic rings. The minimum atomic E-state index is -3.70. The molecule has 0 saturated heterocycles. The highest BCUT2D eigenvalue weighted by molar-refractivity contribution is 7.91. The van der Waals surface area contributed by atoms with Crippen LogP contribution in [-0.4, -0.2) is 112 Å². The number of carbonyl (C=O) groups is 7. The van der Waals surface area contributed by atoms with Crippen LogP contribution in [0.25, 0.3) is 0 Å². The molecule has 0 spiro atoms. The second-order valence-corrected chi connectivity index (χ2v) is 22.6. The molecule has 3 aliphatic rings. The van der Waals surface area contributed by atoms with Crippen molar-refractivity contribution in [3.63, 3.8) is 0 Å². The van der Waals surface area contributed by atoms with Crippen LogP contribution in [0, 0.1) is 28.9 Å². The molecule has 366 valence electrons. The van der Waals surface area contributed by atoms with E-state index in [1.54, 1.807) is 6.92 Å². The van der Waals surface area contributed by atoms with E-state index in [1.165, 1.54) is 42.2 Å². The Kier molecular flexibility index (Phi) is 16.2. The molecule has 1 aliphatic heterocycles. The number of nitro benzene ring substituents is 1. The van der Waals surface area contributed by atoms with E-state index in [0.717, 1.165) is 43.0 Å². The van der Waals surface area contributed by atoms with Crippen molar-refractivity contribution >= 4 is 93.0 Å². The summed E-state index contributed by atoms with van der Waals surface area (Å²) < 4.78 is 71.3. The van der Waals surface area contributed by atoms with Gasteiger partial charge in [0.1, 0.15) is 24.0 Å². The first kappa shape index (κ1) is 53.3. The van der Waals surface area contributed by atoms with Gasteiger partial charge in [-0.1, -0.05) is 16.8 Å². The number of hydrogen-bond donors (Lipinski definition) is 1. The maximum absolute atomic E-state index is 12.8. The van der Waals surface area contributed by atoms with Crippen LogP contribution >= 0.6 is 11.6 Å². The highest BCUT2D eigenvalue weighted by Gasteiger charge is 2.40. The van der Waals surface area contributed by atoms with Gasteiger partial charge in [-0.2, -0.15) is 0 Å². The lowest BCUT2D eigenvalue weighted by Crippen LogP contribution is -2.35. The van der Waals surface area contributed by atoms with Gasteiger partial charge in [-0.3, -0.25) is 53.2 Å². The number of nitro groups is 1. The number of hydrogen-bond acceptors (Lipinski definition) is 18. The molecule has 3 aromatic carbocycles. The van der Waals surface area contributed by atoms with Gasteiger partial charge < -0.3 is 9.94 Å². The normalized spacial score (nSPS) is 15.8. The minimum absolute atomic E-state index is 0.00216. The first-order valence-electron chi connectivity index (χ1n) is 20.6. The van der Waals surface area contributed by atoms with Crippen molar-refractivity contribution < 1.29 is 68.6 Å². The van der Waals surface area contributed by atoms with Gasteiger partial charge in [-0.25, -0.2) is 25.3 Å². The van der Waals surface area contributed by atoms with Gasteiger partial charge in [0.15, 0.2) is 70.0 Å². The molecule has 25 heteroatoms. The Bertz CT molecular complexity index is 3280. The number of sulfone groups is 3. The summed E-state index contributed by atoms with van der Waals surface area (Å²) in [5.41, 5.74) is -0.0485. The zero-order valence-corrected chi connectivity index (χ0v) is 40.6. The zero-order valence-electron chi connectivity index (χ0n) is 37.4. The molecule has 21 nitrogen and oxygen atoms in total. The third-order valence-electron chi connectivity index (χ3n) is 11.1. The lowest BCUT2D eigenvalue weighted by molar-refractivity contribution is -0.385. The van der Waals surface area contributed by atoms with E-state index in [9.17, 15) is 73.7 Å². The van der Waals surface area contributed by atoms with Gasteiger partial charge in [-0.15, -0.1) is 0 Å². The van der Waals surface area contributed by atoms with Crippen LogP contribution in [0.1, 0.15) is 92.7 Å². The fourth-order valence-corrected chi connectivity index (χ4v) is 10.2. The molecule has 2 heterocycles. The number of aromatic nitrogens is 2. The van der Waals surface area contributed by atoms with Crippen LogP contribution in [0.5, 0.6) is 0 Å². The third kappa shape index (κ3) is 12.0. The van der Waals surface area contributed by atoms with Crippen molar-refractivity contribution in [3.8, 4) is 0 Å². The second-order valence-electron chi connectivity index (χ2n) is 16.2. The monoisotopic (exact) mass is 1030 g/mol. The molecule has 2 fully saturated rings. The van der Waals surface area contributed by atoms with Gasteiger partial charge in [0.25, 0.3) is 11.2 Å². The summed E-state index contributed by atoms with van der Waals surface area (Å²) in [5.74, 6) is -6.85.